The first-order valence-corrected chi connectivity index (χ1v) is 5.50. The monoisotopic (exact) mass is 210 g/mol. The number of carbonyl (C=O) groups excluding carboxylic acids is 1. The molecule has 1 heterocycles. The van der Waals surface area contributed by atoms with Gasteiger partial charge in [0.2, 0.25) is 0 Å². The number of rotatable bonds is 2. The van der Waals surface area contributed by atoms with Gasteiger partial charge in [0.05, 0.1) is 0 Å². The maximum atomic E-state index is 10.8. The summed E-state index contributed by atoms with van der Waals surface area (Å²) in [5.41, 5.74) is 0.654. The maximum absolute atomic E-state index is 10.8. The summed E-state index contributed by atoms with van der Waals surface area (Å²) in [4.78, 5) is 11.7. The van der Waals surface area contributed by atoms with Crippen LogP contribution < -0.4 is 9.47 Å². The highest BCUT2D eigenvalue weighted by molar-refractivity contribution is 7.98. The first kappa shape index (κ1) is 9.40. The van der Waals surface area contributed by atoms with Crippen LogP contribution in [0, 0.1) is 0 Å². The molecule has 1 aliphatic rings. The fraction of sp³-hybridized carbons (Fsp3) is 0.300. The minimum absolute atomic E-state index is 0.546. The van der Waals surface area contributed by atoms with Gasteiger partial charge in [0.25, 0.3) is 0 Å². The average Bonchev–Trinajstić information content (AvgIpc) is 2.27. The Kier molecular flexibility index (Phi) is 2.63. The minimum Gasteiger partial charge on any atom is -0.486 e. The standard InChI is InChI=1S/C10H10O3S/c1-14-10-5-9-8(4-7(10)6-11)12-2-3-13-9/h4-6H,2-3H2,1H3. The molecule has 1 aromatic carbocycles. The van der Waals surface area contributed by atoms with E-state index in [0.717, 1.165) is 16.9 Å². The van der Waals surface area contributed by atoms with Crippen molar-refractivity contribution in [1.82, 2.24) is 0 Å². The van der Waals surface area contributed by atoms with Gasteiger partial charge in [0, 0.05) is 10.5 Å². The topological polar surface area (TPSA) is 35.5 Å². The third-order valence-electron chi connectivity index (χ3n) is 2.02. The van der Waals surface area contributed by atoms with Gasteiger partial charge in [0.1, 0.15) is 13.2 Å². The molecule has 0 fully saturated rings. The van der Waals surface area contributed by atoms with Gasteiger partial charge in [-0.2, -0.15) is 0 Å². The molecule has 1 aliphatic heterocycles. The van der Waals surface area contributed by atoms with E-state index in [9.17, 15) is 4.79 Å². The van der Waals surface area contributed by atoms with E-state index in [1.807, 2.05) is 12.3 Å². The van der Waals surface area contributed by atoms with Crippen molar-refractivity contribution in [3.05, 3.63) is 17.7 Å². The molecule has 0 atom stereocenters. The van der Waals surface area contributed by atoms with Crippen LogP contribution in [0.1, 0.15) is 10.4 Å². The average molecular weight is 210 g/mol. The van der Waals surface area contributed by atoms with E-state index in [2.05, 4.69) is 0 Å². The van der Waals surface area contributed by atoms with Gasteiger partial charge in [-0.25, -0.2) is 0 Å². The molecule has 0 spiro atoms. The molecule has 2 rings (SSSR count). The summed E-state index contributed by atoms with van der Waals surface area (Å²) in [6, 6.07) is 3.58. The highest BCUT2D eigenvalue weighted by Crippen LogP contribution is 2.35. The molecule has 14 heavy (non-hydrogen) atoms. The van der Waals surface area contributed by atoms with Crippen molar-refractivity contribution < 1.29 is 14.3 Å². The van der Waals surface area contributed by atoms with Crippen molar-refractivity contribution >= 4 is 18.0 Å². The molecule has 0 saturated carbocycles. The molecular weight excluding hydrogens is 200 g/mol. The number of carbonyl (C=O) groups is 1. The Balaban J connectivity index is 2.48. The third kappa shape index (κ3) is 1.57. The summed E-state index contributed by atoms with van der Waals surface area (Å²) in [7, 11) is 0. The number of aldehydes is 1. The van der Waals surface area contributed by atoms with Crippen molar-refractivity contribution in [2.24, 2.45) is 0 Å². The number of hydrogen-bond acceptors (Lipinski definition) is 4. The molecule has 0 bridgehead atoms. The summed E-state index contributed by atoms with van der Waals surface area (Å²) in [5, 5.41) is 0. The van der Waals surface area contributed by atoms with Gasteiger partial charge >= 0.3 is 0 Å². The van der Waals surface area contributed by atoms with Gasteiger partial charge in [-0.3, -0.25) is 4.79 Å². The second kappa shape index (κ2) is 3.92. The van der Waals surface area contributed by atoms with Gasteiger partial charge in [0.15, 0.2) is 17.8 Å². The highest BCUT2D eigenvalue weighted by Gasteiger charge is 2.14. The van der Waals surface area contributed by atoms with Crippen LogP contribution in [0.3, 0.4) is 0 Å². The maximum Gasteiger partial charge on any atom is 0.162 e. The van der Waals surface area contributed by atoms with Crippen LogP contribution in [0.2, 0.25) is 0 Å². The summed E-state index contributed by atoms with van der Waals surface area (Å²) >= 11 is 1.53. The van der Waals surface area contributed by atoms with E-state index in [1.165, 1.54) is 11.8 Å². The van der Waals surface area contributed by atoms with Crippen LogP contribution in [0.4, 0.5) is 0 Å². The lowest BCUT2D eigenvalue weighted by molar-refractivity contribution is 0.111. The normalized spacial score (nSPS) is 13.8. The third-order valence-corrected chi connectivity index (χ3v) is 2.81. The van der Waals surface area contributed by atoms with Gasteiger partial charge in [-0.1, -0.05) is 0 Å². The molecule has 0 amide bonds. The second-order valence-electron chi connectivity index (χ2n) is 2.86. The van der Waals surface area contributed by atoms with Crippen molar-refractivity contribution in [1.29, 1.82) is 0 Å². The van der Waals surface area contributed by atoms with Crippen LogP contribution in [0.5, 0.6) is 11.5 Å². The summed E-state index contributed by atoms with van der Waals surface area (Å²) < 4.78 is 10.8. The Morgan fingerprint density at radius 2 is 1.93 bits per heavy atom. The lowest BCUT2D eigenvalue weighted by Crippen LogP contribution is -2.15. The molecular formula is C10H10O3S. The lowest BCUT2D eigenvalue weighted by Gasteiger charge is -2.19. The predicted molar refractivity (Wildman–Crippen MR) is 54.6 cm³/mol. The van der Waals surface area contributed by atoms with Crippen LogP contribution in [-0.4, -0.2) is 25.8 Å². The fourth-order valence-electron chi connectivity index (χ4n) is 1.35. The summed E-state index contributed by atoms with van der Waals surface area (Å²) in [5.74, 6) is 1.39. The SMILES string of the molecule is CSc1cc2c(cc1C=O)OCCO2. The molecule has 0 N–H and O–H groups in total. The predicted octanol–water partition coefficient (Wildman–Crippen LogP) is 1.99. The molecule has 0 radical (unpaired) electrons. The Morgan fingerprint density at radius 1 is 1.29 bits per heavy atom. The van der Waals surface area contributed by atoms with Crippen molar-refractivity contribution in [2.45, 2.75) is 4.90 Å². The summed E-state index contributed by atoms with van der Waals surface area (Å²) in [6.07, 6.45) is 2.77. The van der Waals surface area contributed by atoms with Crippen LogP contribution in [0.15, 0.2) is 17.0 Å². The molecule has 0 aromatic heterocycles. The Labute approximate surface area is 86.4 Å². The Hall–Kier alpha value is -1.16. The smallest absolute Gasteiger partial charge is 0.162 e. The Morgan fingerprint density at radius 3 is 2.50 bits per heavy atom. The van der Waals surface area contributed by atoms with Crippen LogP contribution >= 0.6 is 11.8 Å². The molecule has 0 unspecified atom stereocenters. The second-order valence-corrected chi connectivity index (χ2v) is 3.70. The van der Waals surface area contributed by atoms with Crippen molar-refractivity contribution in [3.8, 4) is 11.5 Å². The Bertz CT molecular complexity index is 363. The van der Waals surface area contributed by atoms with Crippen molar-refractivity contribution in [3.63, 3.8) is 0 Å². The number of thioether (sulfide) groups is 1. The first-order chi connectivity index (χ1) is 6.85. The number of ether oxygens (including phenoxy) is 2. The fourth-order valence-corrected chi connectivity index (χ4v) is 1.92. The van der Waals surface area contributed by atoms with Gasteiger partial charge < -0.3 is 9.47 Å². The number of fused-ring (bicyclic) bond motifs is 1. The molecule has 1 aromatic rings. The molecule has 4 heteroatoms. The quantitative estimate of drug-likeness (QED) is 0.552. The van der Waals surface area contributed by atoms with Gasteiger partial charge in [-0.05, 0) is 18.4 Å². The van der Waals surface area contributed by atoms with Gasteiger partial charge in [-0.15, -0.1) is 11.8 Å². The van der Waals surface area contributed by atoms with E-state index >= 15 is 0 Å². The van der Waals surface area contributed by atoms with Crippen LogP contribution in [0.25, 0.3) is 0 Å². The lowest BCUT2D eigenvalue weighted by atomic mass is 10.2. The van der Waals surface area contributed by atoms with E-state index in [0.29, 0.717) is 24.5 Å². The zero-order valence-electron chi connectivity index (χ0n) is 7.78. The molecule has 0 aliphatic carbocycles. The van der Waals surface area contributed by atoms with E-state index in [-0.39, 0.29) is 0 Å². The minimum atomic E-state index is 0.546. The molecule has 74 valence electrons. The highest BCUT2D eigenvalue weighted by atomic mass is 32.2. The van der Waals surface area contributed by atoms with Crippen molar-refractivity contribution in [2.75, 3.05) is 19.5 Å². The molecule has 3 nitrogen and oxygen atoms in total. The molecule has 0 saturated heterocycles. The van der Waals surface area contributed by atoms with E-state index < -0.39 is 0 Å². The zero-order chi connectivity index (χ0) is 9.97. The van der Waals surface area contributed by atoms with E-state index in [4.69, 9.17) is 9.47 Å². The van der Waals surface area contributed by atoms with E-state index in [1.54, 1.807) is 6.07 Å². The largest absolute Gasteiger partial charge is 0.486 e. The number of benzene rings is 1. The first-order valence-electron chi connectivity index (χ1n) is 4.28. The summed E-state index contributed by atoms with van der Waals surface area (Å²) in [6.45, 7) is 1.12. The zero-order valence-corrected chi connectivity index (χ0v) is 8.60. The number of hydrogen-bond donors (Lipinski definition) is 0. The van der Waals surface area contributed by atoms with Crippen LogP contribution in [-0.2, 0) is 0 Å².